The third-order valence-corrected chi connectivity index (χ3v) is 10.4. The first-order valence-corrected chi connectivity index (χ1v) is 16.8. The standard InChI is InChI=1S/C17H27NO2S.C15H18N4O2/c1-3-8-15(2)13-18-11-7-12-21(19,20)17(14-18)16-9-5-4-6-10-16;16-14(20)18-8-6-12(7-9-18)19-10-13(17-15(19)21)11-4-2-1-3-5-11/h4-6,9-10,15,17H,3,7-8,11-14H2,1-2H3;1-5,10,12H,6-9H2,(H2,16,20)(H,17,21). The fourth-order valence-electron chi connectivity index (χ4n) is 6.05. The number of piperidine rings is 1. The monoisotopic (exact) mass is 595 g/mol. The van der Waals surface area contributed by atoms with Crippen molar-refractivity contribution in [3.63, 3.8) is 0 Å². The molecular weight excluding hydrogens is 550 g/mol. The van der Waals surface area contributed by atoms with Gasteiger partial charge >= 0.3 is 11.7 Å². The molecule has 1 aromatic heterocycles. The molecule has 2 fully saturated rings. The van der Waals surface area contributed by atoms with Crippen LogP contribution in [0, 0.1) is 5.92 Å². The average molecular weight is 596 g/mol. The second kappa shape index (κ2) is 14.7. The lowest BCUT2D eigenvalue weighted by Crippen LogP contribution is -2.43. The van der Waals surface area contributed by atoms with Crippen LogP contribution in [0.2, 0.25) is 0 Å². The summed E-state index contributed by atoms with van der Waals surface area (Å²) in [6.45, 7) is 8.21. The molecule has 42 heavy (non-hydrogen) atoms. The summed E-state index contributed by atoms with van der Waals surface area (Å²) in [6.07, 6.45) is 6.51. The molecule has 2 atom stereocenters. The second-order valence-corrected chi connectivity index (χ2v) is 13.9. The zero-order chi connectivity index (χ0) is 30.1. The molecule has 2 aliphatic heterocycles. The van der Waals surface area contributed by atoms with E-state index in [9.17, 15) is 18.0 Å². The minimum absolute atomic E-state index is 0.105. The normalized spacial score (nSPS) is 20.2. The van der Waals surface area contributed by atoms with Crippen molar-refractivity contribution < 1.29 is 13.2 Å². The minimum Gasteiger partial charge on any atom is -0.351 e. The smallest absolute Gasteiger partial charge is 0.326 e. The maximum Gasteiger partial charge on any atom is 0.326 e. The Morgan fingerprint density at radius 2 is 1.67 bits per heavy atom. The zero-order valence-corrected chi connectivity index (χ0v) is 25.6. The number of aromatic amines is 1. The van der Waals surface area contributed by atoms with Crippen LogP contribution in [0.5, 0.6) is 0 Å². The second-order valence-electron chi connectivity index (χ2n) is 11.6. The Kier molecular flexibility index (Phi) is 11.0. The van der Waals surface area contributed by atoms with E-state index < -0.39 is 9.84 Å². The summed E-state index contributed by atoms with van der Waals surface area (Å²) in [4.78, 5) is 30.1. The first-order valence-electron chi connectivity index (χ1n) is 15.1. The van der Waals surface area contributed by atoms with Gasteiger partial charge in [0.2, 0.25) is 0 Å². The number of rotatable bonds is 7. The molecule has 2 aromatic carbocycles. The van der Waals surface area contributed by atoms with E-state index in [4.69, 9.17) is 5.73 Å². The van der Waals surface area contributed by atoms with Crippen LogP contribution < -0.4 is 11.4 Å². The third kappa shape index (κ3) is 8.35. The molecule has 228 valence electrons. The number of benzene rings is 2. The lowest BCUT2D eigenvalue weighted by atomic mass is 10.0. The molecule has 10 heteroatoms. The third-order valence-electron chi connectivity index (χ3n) is 8.28. The average Bonchev–Trinajstić information content (AvgIpc) is 3.31. The van der Waals surface area contributed by atoms with Gasteiger partial charge in [0.05, 0.1) is 16.7 Å². The Bertz CT molecular complexity index is 1430. The summed E-state index contributed by atoms with van der Waals surface area (Å²) in [5, 5.41) is -0.366. The number of carbonyl (C=O) groups is 1. The van der Waals surface area contributed by atoms with Crippen molar-refractivity contribution in [2.45, 2.75) is 57.2 Å². The highest BCUT2D eigenvalue weighted by molar-refractivity contribution is 7.91. The fraction of sp³-hybridized carbons (Fsp3) is 0.500. The number of primary amides is 1. The number of sulfone groups is 1. The number of urea groups is 1. The van der Waals surface area contributed by atoms with Crippen molar-refractivity contribution in [2.24, 2.45) is 11.7 Å². The van der Waals surface area contributed by atoms with Crippen molar-refractivity contribution in [3.8, 4) is 11.3 Å². The Morgan fingerprint density at radius 1 is 1.02 bits per heavy atom. The fourth-order valence-corrected chi connectivity index (χ4v) is 7.88. The van der Waals surface area contributed by atoms with Crippen molar-refractivity contribution in [1.82, 2.24) is 19.4 Å². The lowest BCUT2D eigenvalue weighted by Gasteiger charge is -2.30. The van der Waals surface area contributed by atoms with E-state index in [1.54, 1.807) is 9.47 Å². The Hall–Kier alpha value is -3.37. The number of hydrogen-bond acceptors (Lipinski definition) is 5. The van der Waals surface area contributed by atoms with Gasteiger partial charge in [-0.3, -0.25) is 4.57 Å². The molecule has 0 radical (unpaired) electrons. The van der Waals surface area contributed by atoms with E-state index in [1.165, 1.54) is 12.8 Å². The molecule has 2 aliphatic rings. The number of nitrogens with one attached hydrogen (secondary N) is 1. The summed E-state index contributed by atoms with van der Waals surface area (Å²) >= 11 is 0. The molecule has 0 spiro atoms. The Balaban J connectivity index is 0.000000193. The maximum atomic E-state index is 12.5. The van der Waals surface area contributed by atoms with Crippen LogP contribution in [0.3, 0.4) is 0 Å². The summed E-state index contributed by atoms with van der Waals surface area (Å²) in [6, 6.07) is 19.2. The van der Waals surface area contributed by atoms with Crippen LogP contribution in [-0.4, -0.2) is 72.3 Å². The molecule has 9 nitrogen and oxygen atoms in total. The topological polar surface area (TPSA) is 121 Å². The molecule has 0 saturated carbocycles. The maximum absolute atomic E-state index is 12.5. The molecule has 2 unspecified atom stereocenters. The van der Waals surface area contributed by atoms with Gasteiger partial charge < -0.3 is 20.5 Å². The molecule has 2 amide bonds. The number of nitrogens with two attached hydrogens (primary N) is 1. The molecule has 3 aromatic rings. The highest BCUT2D eigenvalue weighted by Gasteiger charge is 2.32. The van der Waals surface area contributed by atoms with E-state index in [0.717, 1.165) is 49.2 Å². The van der Waals surface area contributed by atoms with Gasteiger partial charge in [0.1, 0.15) is 0 Å². The van der Waals surface area contributed by atoms with E-state index in [2.05, 4.69) is 23.7 Å². The first kappa shape index (κ1) is 31.6. The largest absolute Gasteiger partial charge is 0.351 e. The van der Waals surface area contributed by atoms with Crippen LogP contribution in [0.4, 0.5) is 4.79 Å². The number of nitrogens with zero attached hydrogens (tertiary/aromatic N) is 3. The van der Waals surface area contributed by atoms with E-state index >= 15 is 0 Å². The van der Waals surface area contributed by atoms with Gasteiger partial charge in [0, 0.05) is 38.4 Å². The Morgan fingerprint density at radius 3 is 2.29 bits per heavy atom. The summed E-state index contributed by atoms with van der Waals surface area (Å²) in [5.41, 5.74) is 7.91. The molecule has 3 N–H and O–H groups in total. The molecular formula is C32H45N5O4S. The first-order chi connectivity index (χ1) is 20.2. The number of carbonyl (C=O) groups excluding carboxylic acids is 1. The van der Waals surface area contributed by atoms with Crippen LogP contribution in [-0.2, 0) is 9.84 Å². The van der Waals surface area contributed by atoms with Gasteiger partial charge in [-0.2, -0.15) is 0 Å². The van der Waals surface area contributed by atoms with Gasteiger partial charge in [0.25, 0.3) is 0 Å². The number of aromatic nitrogens is 2. The van der Waals surface area contributed by atoms with Crippen LogP contribution in [0.1, 0.15) is 62.8 Å². The molecule has 0 aliphatic carbocycles. The number of imidazole rings is 1. The number of likely N-dealkylation sites (tertiary alicyclic amines) is 1. The lowest BCUT2D eigenvalue weighted by molar-refractivity contribution is 0.179. The molecule has 5 rings (SSSR count). The molecule has 3 heterocycles. The zero-order valence-electron chi connectivity index (χ0n) is 24.8. The minimum atomic E-state index is -3.04. The van der Waals surface area contributed by atoms with Crippen LogP contribution >= 0.6 is 0 Å². The van der Waals surface area contributed by atoms with Crippen molar-refractivity contribution in [1.29, 1.82) is 0 Å². The quantitative estimate of drug-likeness (QED) is 0.405. The summed E-state index contributed by atoms with van der Waals surface area (Å²) in [7, 11) is -3.04. The summed E-state index contributed by atoms with van der Waals surface area (Å²) in [5.74, 6) is 0.942. The molecule has 2 saturated heterocycles. The highest BCUT2D eigenvalue weighted by Crippen LogP contribution is 2.28. The Labute approximate surface area is 249 Å². The SMILES string of the molecule is CCCC(C)CN1CCCS(=O)(=O)C(c2ccccc2)C1.NC(=O)N1CCC(n2cc(-c3ccccc3)[nH]c2=O)CC1. The number of hydrogen-bond donors (Lipinski definition) is 2. The van der Waals surface area contributed by atoms with E-state index in [1.807, 2.05) is 66.9 Å². The van der Waals surface area contributed by atoms with Crippen molar-refractivity contribution >= 4 is 15.9 Å². The van der Waals surface area contributed by atoms with Crippen molar-refractivity contribution in [3.05, 3.63) is 82.9 Å². The predicted octanol–water partition coefficient (Wildman–Crippen LogP) is 4.84. The van der Waals surface area contributed by atoms with Gasteiger partial charge in [0.15, 0.2) is 9.84 Å². The van der Waals surface area contributed by atoms with Gasteiger partial charge in [-0.25, -0.2) is 18.0 Å². The summed E-state index contributed by atoms with van der Waals surface area (Å²) < 4.78 is 26.8. The van der Waals surface area contributed by atoms with E-state index in [0.29, 0.717) is 31.3 Å². The highest BCUT2D eigenvalue weighted by atomic mass is 32.2. The predicted molar refractivity (Wildman–Crippen MR) is 168 cm³/mol. The van der Waals surface area contributed by atoms with Gasteiger partial charge in [-0.05, 0) is 49.3 Å². The van der Waals surface area contributed by atoms with Crippen LogP contribution in [0.15, 0.2) is 71.7 Å². The number of H-pyrrole nitrogens is 1. The molecule has 0 bridgehead atoms. The van der Waals surface area contributed by atoms with Crippen molar-refractivity contribution in [2.75, 3.05) is 38.5 Å². The van der Waals surface area contributed by atoms with Gasteiger partial charge in [-0.1, -0.05) is 80.9 Å². The number of amides is 2. The van der Waals surface area contributed by atoms with Crippen LogP contribution in [0.25, 0.3) is 11.3 Å². The van der Waals surface area contributed by atoms with E-state index in [-0.39, 0.29) is 23.0 Å². The van der Waals surface area contributed by atoms with Gasteiger partial charge in [-0.15, -0.1) is 0 Å².